The Morgan fingerprint density at radius 1 is 1.33 bits per heavy atom. The number of fused-ring (bicyclic) bond motifs is 1. The Morgan fingerprint density at radius 2 is 2.13 bits per heavy atom. The average molecular weight is 416 g/mol. The van der Waals surface area contributed by atoms with Gasteiger partial charge in [0.2, 0.25) is 5.76 Å². The summed E-state index contributed by atoms with van der Waals surface area (Å²) in [5, 5.41) is 9.70. The number of amides is 2. The molecule has 3 atom stereocenters. The number of aromatic nitrogens is 1. The second kappa shape index (κ2) is 9.73. The lowest BCUT2D eigenvalue weighted by molar-refractivity contribution is 0.0281. The quantitative estimate of drug-likeness (QED) is 0.788. The van der Waals surface area contributed by atoms with Gasteiger partial charge in [0, 0.05) is 51.1 Å². The van der Waals surface area contributed by atoms with Crippen LogP contribution in [-0.2, 0) is 4.74 Å². The fourth-order valence-electron chi connectivity index (χ4n) is 3.26. The summed E-state index contributed by atoms with van der Waals surface area (Å²) in [6.07, 6.45) is 1.30. The number of nitrogens with one attached hydrogen (secondary N) is 2. The predicted octanol–water partition coefficient (Wildman–Crippen LogP) is 2.02. The van der Waals surface area contributed by atoms with E-state index in [9.17, 15) is 9.59 Å². The lowest BCUT2D eigenvalue weighted by atomic mass is 10.0. The molecule has 1 aliphatic rings. The van der Waals surface area contributed by atoms with Crippen molar-refractivity contribution in [1.82, 2.24) is 15.4 Å². The van der Waals surface area contributed by atoms with Gasteiger partial charge < -0.3 is 29.5 Å². The van der Waals surface area contributed by atoms with Crippen LogP contribution in [0.4, 0.5) is 5.69 Å². The summed E-state index contributed by atoms with van der Waals surface area (Å²) in [4.78, 5) is 27.0. The van der Waals surface area contributed by atoms with E-state index in [0.717, 1.165) is 6.54 Å². The third-order valence-corrected chi connectivity index (χ3v) is 5.15. The molecule has 2 N–H and O–H groups in total. The number of hydrogen-bond acceptors (Lipinski definition) is 7. The van der Waals surface area contributed by atoms with E-state index < -0.39 is 5.91 Å². The van der Waals surface area contributed by atoms with Gasteiger partial charge in [-0.15, -0.1) is 0 Å². The number of anilines is 1. The van der Waals surface area contributed by atoms with Crippen molar-refractivity contribution in [3.05, 3.63) is 41.8 Å². The summed E-state index contributed by atoms with van der Waals surface area (Å²) >= 11 is 0. The first-order valence-electron chi connectivity index (χ1n) is 9.89. The molecule has 0 unspecified atom stereocenters. The number of carbonyl (C=O) groups excluding carboxylic acids is 2. The predicted molar refractivity (Wildman–Crippen MR) is 111 cm³/mol. The number of carbonyl (C=O) groups is 2. The molecule has 0 fully saturated rings. The molecule has 1 aromatic carbocycles. The van der Waals surface area contributed by atoms with Crippen LogP contribution in [0.2, 0.25) is 0 Å². The summed E-state index contributed by atoms with van der Waals surface area (Å²) in [6.45, 7) is 5.68. The van der Waals surface area contributed by atoms with Crippen molar-refractivity contribution in [1.29, 1.82) is 0 Å². The zero-order valence-corrected chi connectivity index (χ0v) is 17.7. The van der Waals surface area contributed by atoms with Crippen molar-refractivity contribution in [3.8, 4) is 5.75 Å². The maximum Gasteiger partial charge on any atom is 0.294 e. The van der Waals surface area contributed by atoms with Crippen LogP contribution in [0.25, 0.3) is 0 Å². The molecule has 0 spiro atoms. The molecule has 0 bridgehead atoms. The van der Waals surface area contributed by atoms with Crippen molar-refractivity contribution >= 4 is 17.5 Å². The van der Waals surface area contributed by atoms with Gasteiger partial charge in [-0.1, -0.05) is 12.1 Å². The van der Waals surface area contributed by atoms with Crippen molar-refractivity contribution in [2.24, 2.45) is 5.92 Å². The lowest BCUT2D eigenvalue weighted by Crippen LogP contribution is -2.44. The van der Waals surface area contributed by atoms with E-state index in [1.165, 1.54) is 12.3 Å². The van der Waals surface area contributed by atoms with Crippen LogP contribution >= 0.6 is 0 Å². The van der Waals surface area contributed by atoms with Crippen molar-refractivity contribution in [2.75, 3.05) is 39.2 Å². The molecular formula is C21H28N4O5. The van der Waals surface area contributed by atoms with E-state index in [1.807, 2.05) is 6.92 Å². The maximum atomic E-state index is 13.1. The number of likely N-dealkylation sites (N-methyl/N-ethyl adjacent to an activating group) is 1. The smallest absolute Gasteiger partial charge is 0.294 e. The van der Waals surface area contributed by atoms with Gasteiger partial charge in [0.1, 0.15) is 12.4 Å². The molecule has 0 aliphatic carbocycles. The molecule has 0 saturated heterocycles. The first kappa shape index (κ1) is 21.8. The van der Waals surface area contributed by atoms with Crippen LogP contribution in [0.5, 0.6) is 5.75 Å². The van der Waals surface area contributed by atoms with Crippen LogP contribution in [0.15, 0.2) is 35.0 Å². The van der Waals surface area contributed by atoms with Gasteiger partial charge in [-0.05, 0) is 25.0 Å². The molecule has 30 heavy (non-hydrogen) atoms. The Bertz CT molecular complexity index is 870. The van der Waals surface area contributed by atoms with Gasteiger partial charge in [-0.25, -0.2) is 0 Å². The molecule has 162 valence electrons. The Balaban J connectivity index is 1.87. The monoisotopic (exact) mass is 416 g/mol. The molecule has 0 radical (unpaired) electrons. The second-order valence-electron chi connectivity index (χ2n) is 7.60. The summed E-state index contributed by atoms with van der Waals surface area (Å²) in [5.74, 6) is 0.111. The summed E-state index contributed by atoms with van der Waals surface area (Å²) in [6, 6.07) is 6.49. The molecule has 9 heteroatoms. The van der Waals surface area contributed by atoms with E-state index in [4.69, 9.17) is 14.0 Å². The first-order valence-corrected chi connectivity index (χ1v) is 9.89. The first-order chi connectivity index (χ1) is 14.4. The molecular weight excluding hydrogens is 388 g/mol. The minimum atomic E-state index is -0.434. The van der Waals surface area contributed by atoms with Crippen molar-refractivity contribution in [2.45, 2.75) is 26.0 Å². The zero-order valence-electron chi connectivity index (χ0n) is 17.7. The van der Waals surface area contributed by atoms with Crippen LogP contribution < -0.4 is 15.4 Å². The van der Waals surface area contributed by atoms with Crippen molar-refractivity contribution < 1.29 is 23.6 Å². The summed E-state index contributed by atoms with van der Waals surface area (Å²) in [5.41, 5.74) is 0.909. The normalized spacial score (nSPS) is 23.0. The summed E-state index contributed by atoms with van der Waals surface area (Å²) in [7, 11) is 3.40. The molecule has 3 rings (SSSR count). The SMILES string of the molecule is CO[C@H]1CN(C)C(=O)c2ccc(NC(=O)c3ccno3)cc2OC[C@@H](C)NC[C@H]1C. The van der Waals surface area contributed by atoms with Crippen LogP contribution in [-0.4, -0.2) is 67.9 Å². The molecule has 0 saturated carbocycles. The van der Waals surface area contributed by atoms with E-state index in [-0.39, 0.29) is 29.7 Å². The standard InChI is InChI=1S/C21H28N4O5/c1-13-10-22-14(2)12-29-18-9-15(24-20(26)17-7-8-23-30-17)5-6-16(18)21(27)25(3)11-19(13)28-4/h5-9,13-14,19,22H,10-12H2,1-4H3,(H,24,26)/t13-,14-,19+/m1/s1. The highest BCUT2D eigenvalue weighted by molar-refractivity contribution is 6.03. The van der Waals surface area contributed by atoms with Crippen molar-refractivity contribution in [3.63, 3.8) is 0 Å². The van der Waals surface area contributed by atoms with Crippen LogP contribution in [0.3, 0.4) is 0 Å². The molecule has 1 aromatic heterocycles. The number of nitrogens with zero attached hydrogens (tertiary/aromatic N) is 2. The Labute approximate surface area is 175 Å². The fraction of sp³-hybridized carbons (Fsp3) is 0.476. The number of methoxy groups -OCH3 is 1. The van der Waals surface area contributed by atoms with E-state index in [2.05, 4.69) is 22.7 Å². The number of rotatable bonds is 3. The van der Waals surface area contributed by atoms with Crippen LogP contribution in [0, 0.1) is 5.92 Å². The number of ether oxygens (including phenoxy) is 2. The average Bonchev–Trinajstić information content (AvgIpc) is 3.28. The van der Waals surface area contributed by atoms with E-state index >= 15 is 0 Å². The van der Waals surface area contributed by atoms with E-state index in [1.54, 1.807) is 37.3 Å². The van der Waals surface area contributed by atoms with Gasteiger partial charge in [0.25, 0.3) is 11.8 Å². The maximum absolute atomic E-state index is 13.1. The highest BCUT2D eigenvalue weighted by Gasteiger charge is 2.25. The molecule has 1 aliphatic heterocycles. The summed E-state index contributed by atoms with van der Waals surface area (Å²) < 4.78 is 16.5. The highest BCUT2D eigenvalue weighted by atomic mass is 16.5. The van der Waals surface area contributed by atoms with Crippen LogP contribution in [0.1, 0.15) is 34.8 Å². The van der Waals surface area contributed by atoms with Gasteiger partial charge in [-0.2, -0.15) is 0 Å². The van der Waals surface area contributed by atoms with Gasteiger partial charge in [0.05, 0.1) is 17.9 Å². The zero-order chi connectivity index (χ0) is 21.7. The Hall–Kier alpha value is -2.91. The Morgan fingerprint density at radius 3 is 2.83 bits per heavy atom. The molecule has 9 nitrogen and oxygen atoms in total. The minimum Gasteiger partial charge on any atom is -0.491 e. The van der Waals surface area contributed by atoms with Gasteiger partial charge >= 0.3 is 0 Å². The topological polar surface area (TPSA) is 106 Å². The fourth-order valence-corrected chi connectivity index (χ4v) is 3.26. The molecule has 2 heterocycles. The second-order valence-corrected chi connectivity index (χ2v) is 7.60. The van der Waals surface area contributed by atoms with E-state index in [0.29, 0.717) is 30.2 Å². The molecule has 2 amide bonds. The number of hydrogen-bond donors (Lipinski definition) is 2. The largest absolute Gasteiger partial charge is 0.491 e. The third-order valence-electron chi connectivity index (χ3n) is 5.15. The number of benzene rings is 1. The molecule has 2 aromatic rings. The lowest BCUT2D eigenvalue weighted by Gasteiger charge is -2.30. The highest BCUT2D eigenvalue weighted by Crippen LogP contribution is 2.26. The van der Waals surface area contributed by atoms with Gasteiger partial charge in [-0.3, -0.25) is 9.59 Å². The minimum absolute atomic E-state index is 0.0671. The third kappa shape index (κ3) is 5.17. The Kier molecular flexibility index (Phi) is 7.07. The van der Waals surface area contributed by atoms with Gasteiger partial charge in [0.15, 0.2) is 0 Å².